The zero-order valence-electron chi connectivity index (χ0n) is 15.7. The minimum absolute atomic E-state index is 0.161. The van der Waals surface area contributed by atoms with Gasteiger partial charge in [0.15, 0.2) is 0 Å². The van der Waals surface area contributed by atoms with E-state index >= 15 is 0 Å². The van der Waals surface area contributed by atoms with Crippen LogP contribution in [-0.2, 0) is 14.4 Å². The highest BCUT2D eigenvalue weighted by Crippen LogP contribution is 2.65. The molecule has 7 unspecified atom stereocenters. The molecular formula is C22H23NO4. The van der Waals surface area contributed by atoms with Crippen molar-refractivity contribution in [2.24, 2.45) is 35.5 Å². The Morgan fingerprint density at radius 2 is 1.67 bits per heavy atom. The van der Waals surface area contributed by atoms with Gasteiger partial charge in [0, 0.05) is 0 Å². The van der Waals surface area contributed by atoms with Crippen LogP contribution in [0.1, 0.15) is 24.5 Å². The molecule has 0 spiro atoms. The second-order valence-electron chi connectivity index (χ2n) is 8.57. The van der Waals surface area contributed by atoms with Crippen molar-refractivity contribution < 1.29 is 19.1 Å². The van der Waals surface area contributed by atoms with E-state index in [-0.39, 0.29) is 35.5 Å². The summed E-state index contributed by atoms with van der Waals surface area (Å²) in [6.45, 7) is 5.38. The van der Waals surface area contributed by atoms with Gasteiger partial charge in [0.1, 0.15) is 11.8 Å². The molecule has 3 fully saturated rings. The number of rotatable bonds is 3. The average Bonchev–Trinajstić information content (AvgIpc) is 3.42. The van der Waals surface area contributed by atoms with Crippen LogP contribution in [0, 0.1) is 49.4 Å². The molecule has 5 nitrogen and oxygen atoms in total. The predicted molar refractivity (Wildman–Crippen MR) is 97.6 cm³/mol. The van der Waals surface area contributed by atoms with Gasteiger partial charge in [-0.05, 0) is 68.1 Å². The summed E-state index contributed by atoms with van der Waals surface area (Å²) in [5.41, 5.74) is 1.83. The quantitative estimate of drug-likeness (QED) is 0.358. The van der Waals surface area contributed by atoms with E-state index in [0.717, 1.165) is 17.5 Å². The Labute approximate surface area is 158 Å². The molecule has 140 valence electrons. The van der Waals surface area contributed by atoms with Gasteiger partial charge in [-0.15, -0.1) is 0 Å². The Kier molecular flexibility index (Phi) is 3.43. The summed E-state index contributed by atoms with van der Waals surface area (Å²) in [5.74, 6) is 0.383. The molecule has 5 heteroatoms. The first-order valence-corrected chi connectivity index (χ1v) is 9.72. The zero-order valence-corrected chi connectivity index (χ0v) is 15.7. The van der Waals surface area contributed by atoms with Crippen molar-refractivity contribution in [2.75, 3.05) is 0 Å². The summed E-state index contributed by atoms with van der Waals surface area (Å²) >= 11 is 0. The monoisotopic (exact) mass is 365 g/mol. The lowest BCUT2D eigenvalue weighted by Crippen LogP contribution is -2.45. The smallest absolute Gasteiger partial charge is 0.334 e. The van der Waals surface area contributed by atoms with Gasteiger partial charge in [0.25, 0.3) is 0 Å². The first kappa shape index (κ1) is 16.7. The topological polar surface area (TPSA) is 63.7 Å². The molecule has 2 amide bonds. The summed E-state index contributed by atoms with van der Waals surface area (Å²) in [6.07, 6.45) is 5.39. The summed E-state index contributed by atoms with van der Waals surface area (Å²) in [4.78, 5) is 40.1. The largest absolute Gasteiger partial charge is 0.425 e. The van der Waals surface area contributed by atoms with Crippen molar-refractivity contribution in [2.45, 2.75) is 33.2 Å². The summed E-state index contributed by atoms with van der Waals surface area (Å²) < 4.78 is 5.55. The number of nitrogens with zero attached hydrogens (tertiary/aromatic N) is 1. The predicted octanol–water partition coefficient (Wildman–Crippen LogP) is 2.65. The third-order valence-corrected chi connectivity index (χ3v) is 6.98. The molecule has 27 heavy (non-hydrogen) atoms. The number of hydrogen-bond acceptors (Lipinski definition) is 4. The van der Waals surface area contributed by atoms with Crippen LogP contribution >= 0.6 is 0 Å². The van der Waals surface area contributed by atoms with Gasteiger partial charge in [0.05, 0.1) is 11.8 Å². The van der Waals surface area contributed by atoms with Crippen LogP contribution < -0.4 is 4.74 Å². The van der Waals surface area contributed by atoms with Crippen LogP contribution in [0.3, 0.4) is 0 Å². The highest BCUT2D eigenvalue weighted by Gasteiger charge is 2.67. The molecule has 2 saturated carbocycles. The van der Waals surface area contributed by atoms with Crippen LogP contribution in [0.2, 0.25) is 0 Å². The van der Waals surface area contributed by atoms with E-state index in [1.165, 1.54) is 4.90 Å². The number of amides is 2. The van der Waals surface area contributed by atoms with E-state index in [4.69, 9.17) is 4.74 Å². The molecule has 7 atom stereocenters. The maximum absolute atomic E-state index is 13.1. The van der Waals surface area contributed by atoms with Crippen LogP contribution in [0.5, 0.6) is 5.75 Å². The Hall–Kier alpha value is -2.43. The third kappa shape index (κ3) is 2.27. The Morgan fingerprint density at radius 1 is 1.07 bits per heavy atom. The summed E-state index contributed by atoms with van der Waals surface area (Å²) in [7, 11) is 0. The molecule has 4 aliphatic carbocycles. The number of likely N-dealkylation sites (tertiary alicyclic amines) is 1. The van der Waals surface area contributed by atoms with Gasteiger partial charge in [-0.1, -0.05) is 24.3 Å². The number of carbonyl (C=O) groups is 3. The van der Waals surface area contributed by atoms with E-state index in [0.29, 0.717) is 17.6 Å². The Balaban J connectivity index is 1.39. The molecule has 1 saturated heterocycles. The van der Waals surface area contributed by atoms with Gasteiger partial charge >= 0.3 is 5.97 Å². The lowest BCUT2D eigenvalue weighted by Gasteiger charge is -2.37. The standard InChI is InChI=1S/C22H23NO4/c1-10-4-5-11(2)17(8-10)27-22(26)12(3)23-20(24)18-13-6-7-14(16-9-15(13)16)19(18)21(23)25/h4-8,12-16,18-19H,9H2,1-3H3. The van der Waals surface area contributed by atoms with E-state index in [1.54, 1.807) is 13.0 Å². The molecule has 1 aromatic carbocycles. The third-order valence-electron chi connectivity index (χ3n) is 6.98. The van der Waals surface area contributed by atoms with Gasteiger partial charge in [-0.25, -0.2) is 4.79 Å². The minimum atomic E-state index is -0.911. The van der Waals surface area contributed by atoms with Crippen LogP contribution in [0.15, 0.2) is 30.4 Å². The number of ether oxygens (including phenoxy) is 1. The fourth-order valence-electron chi connectivity index (χ4n) is 5.48. The van der Waals surface area contributed by atoms with Gasteiger partial charge < -0.3 is 4.74 Å². The number of hydrogen-bond donors (Lipinski definition) is 0. The minimum Gasteiger partial charge on any atom is -0.425 e. The molecular weight excluding hydrogens is 342 g/mol. The van der Waals surface area contributed by atoms with Gasteiger partial charge in [-0.3, -0.25) is 14.5 Å². The zero-order chi connectivity index (χ0) is 19.0. The first-order valence-electron chi connectivity index (χ1n) is 9.72. The number of aryl methyl sites for hydroxylation is 2. The van der Waals surface area contributed by atoms with Crippen molar-refractivity contribution in [3.8, 4) is 5.75 Å². The number of benzene rings is 1. The fraction of sp³-hybridized carbons (Fsp3) is 0.500. The molecule has 0 radical (unpaired) electrons. The molecule has 1 aromatic rings. The number of imide groups is 1. The second-order valence-corrected chi connectivity index (χ2v) is 8.57. The highest BCUT2D eigenvalue weighted by molar-refractivity contribution is 6.08. The Bertz CT molecular complexity index is 868. The molecule has 0 N–H and O–H groups in total. The van der Waals surface area contributed by atoms with Gasteiger partial charge in [0.2, 0.25) is 11.8 Å². The van der Waals surface area contributed by atoms with E-state index < -0.39 is 12.0 Å². The Morgan fingerprint density at radius 3 is 2.26 bits per heavy atom. The molecule has 2 bridgehead atoms. The van der Waals surface area contributed by atoms with Crippen LogP contribution in [0.4, 0.5) is 0 Å². The van der Waals surface area contributed by atoms with Crippen molar-refractivity contribution in [1.82, 2.24) is 4.90 Å². The van der Waals surface area contributed by atoms with Crippen molar-refractivity contribution in [3.63, 3.8) is 0 Å². The summed E-state index contributed by atoms with van der Waals surface area (Å²) in [5, 5.41) is 0. The maximum Gasteiger partial charge on any atom is 0.334 e. The average molecular weight is 365 g/mol. The lowest BCUT2D eigenvalue weighted by molar-refractivity contribution is -0.152. The number of esters is 1. The number of allylic oxidation sites excluding steroid dienone is 2. The number of carbonyl (C=O) groups excluding carboxylic acids is 3. The second kappa shape index (κ2) is 5.54. The fourth-order valence-corrected chi connectivity index (χ4v) is 5.48. The molecule has 5 aliphatic rings. The maximum atomic E-state index is 13.1. The molecule has 6 rings (SSSR count). The lowest BCUT2D eigenvalue weighted by atomic mass is 9.63. The molecule has 0 aromatic heterocycles. The van der Waals surface area contributed by atoms with E-state index in [2.05, 4.69) is 12.2 Å². The SMILES string of the molecule is Cc1ccc(C)c(OC(=O)C(C)N2C(=O)C3C4C=CC(C5CC45)C3C2=O)c1. The van der Waals surface area contributed by atoms with Crippen molar-refractivity contribution in [1.29, 1.82) is 0 Å². The van der Waals surface area contributed by atoms with Crippen LogP contribution in [-0.4, -0.2) is 28.7 Å². The van der Waals surface area contributed by atoms with Crippen molar-refractivity contribution in [3.05, 3.63) is 41.5 Å². The van der Waals surface area contributed by atoms with E-state index in [9.17, 15) is 14.4 Å². The van der Waals surface area contributed by atoms with Gasteiger partial charge in [-0.2, -0.15) is 0 Å². The van der Waals surface area contributed by atoms with E-state index in [1.807, 2.05) is 26.0 Å². The molecule has 1 aliphatic heterocycles. The van der Waals surface area contributed by atoms with Crippen LogP contribution in [0.25, 0.3) is 0 Å². The normalized spacial score (nSPS) is 36.5. The molecule has 1 heterocycles. The first-order chi connectivity index (χ1) is 12.9. The van der Waals surface area contributed by atoms with Crippen molar-refractivity contribution >= 4 is 17.8 Å². The highest BCUT2D eigenvalue weighted by atomic mass is 16.5. The summed E-state index contributed by atoms with van der Waals surface area (Å²) in [6, 6.07) is 4.72.